The zero-order chi connectivity index (χ0) is 32.6. The number of anilines is 6. The number of rotatable bonds is 6. The van der Waals surface area contributed by atoms with Gasteiger partial charge < -0.3 is 9.80 Å². The molecule has 0 saturated carbocycles. The first-order valence-electron chi connectivity index (χ1n) is 16.9. The molecule has 1 aliphatic heterocycles. The largest absolute Gasteiger partial charge is 0.310 e. The molecule has 2 heteroatoms. The number of nitrogens with zero attached hydrogens (tertiary/aromatic N) is 2. The molecule has 1 aliphatic rings. The normalized spacial score (nSPS) is 12.0. The van der Waals surface area contributed by atoms with Crippen LogP contribution in [0.5, 0.6) is 0 Å². The lowest BCUT2D eigenvalue weighted by Gasteiger charge is -2.34. The highest BCUT2D eigenvalue weighted by molar-refractivity contribution is 5.99. The molecule has 0 bridgehead atoms. The monoisotopic (exact) mass is 626 g/mol. The van der Waals surface area contributed by atoms with Crippen molar-refractivity contribution in [3.8, 4) is 22.3 Å². The zero-order valence-corrected chi connectivity index (χ0v) is 27.1. The van der Waals surface area contributed by atoms with E-state index in [4.69, 9.17) is 0 Å². The second-order valence-corrected chi connectivity index (χ2v) is 12.6. The van der Waals surface area contributed by atoms with Crippen molar-refractivity contribution in [3.05, 3.63) is 205 Å². The Labute approximate surface area is 287 Å². The molecule has 0 radical (unpaired) electrons. The van der Waals surface area contributed by atoms with E-state index in [1.807, 2.05) is 0 Å². The lowest BCUT2D eigenvalue weighted by molar-refractivity contribution is 1.09. The SMILES string of the molecule is c1ccc(-c2ccc(N3c4ccccc4Cc4cc(-c5ccc(N(c6ccccc6)c6cccc7ccccc67)cc5)ccc43)cc2)cc1. The van der Waals surface area contributed by atoms with E-state index in [9.17, 15) is 0 Å². The summed E-state index contributed by atoms with van der Waals surface area (Å²) in [7, 11) is 0. The Morgan fingerprint density at radius 1 is 0.388 bits per heavy atom. The molecule has 1 heterocycles. The molecule has 0 unspecified atom stereocenters. The summed E-state index contributed by atoms with van der Waals surface area (Å²) in [6.07, 6.45) is 0.902. The van der Waals surface area contributed by atoms with Crippen LogP contribution < -0.4 is 9.80 Å². The van der Waals surface area contributed by atoms with Gasteiger partial charge in [0.25, 0.3) is 0 Å². The number of hydrogen-bond acceptors (Lipinski definition) is 2. The Morgan fingerprint density at radius 2 is 0.959 bits per heavy atom. The average molecular weight is 627 g/mol. The fraction of sp³-hybridized carbons (Fsp3) is 0.0213. The first-order valence-corrected chi connectivity index (χ1v) is 16.9. The summed E-state index contributed by atoms with van der Waals surface area (Å²) in [6, 6.07) is 70.1. The van der Waals surface area contributed by atoms with Gasteiger partial charge in [0.1, 0.15) is 0 Å². The van der Waals surface area contributed by atoms with Crippen molar-refractivity contribution >= 4 is 44.9 Å². The lowest BCUT2D eigenvalue weighted by atomic mass is 9.92. The van der Waals surface area contributed by atoms with Gasteiger partial charge in [-0.25, -0.2) is 0 Å². The van der Waals surface area contributed by atoms with Crippen LogP contribution in [0.2, 0.25) is 0 Å². The Balaban J connectivity index is 1.08. The summed E-state index contributed by atoms with van der Waals surface area (Å²) in [5, 5.41) is 2.46. The van der Waals surface area contributed by atoms with Crippen LogP contribution in [0.25, 0.3) is 33.0 Å². The van der Waals surface area contributed by atoms with E-state index in [2.05, 4.69) is 204 Å². The number of hydrogen-bond donors (Lipinski definition) is 0. The number of benzene rings is 8. The van der Waals surface area contributed by atoms with Gasteiger partial charge in [0.15, 0.2) is 0 Å². The van der Waals surface area contributed by atoms with Crippen LogP contribution in [0.1, 0.15) is 11.1 Å². The van der Waals surface area contributed by atoms with Crippen molar-refractivity contribution in [2.75, 3.05) is 9.80 Å². The smallest absolute Gasteiger partial charge is 0.0540 e. The van der Waals surface area contributed by atoms with Gasteiger partial charge >= 0.3 is 0 Å². The second-order valence-electron chi connectivity index (χ2n) is 12.6. The van der Waals surface area contributed by atoms with Gasteiger partial charge in [0.2, 0.25) is 0 Å². The molecule has 0 atom stereocenters. The van der Waals surface area contributed by atoms with E-state index in [-0.39, 0.29) is 0 Å². The van der Waals surface area contributed by atoms with Gasteiger partial charge in [-0.05, 0) is 99.4 Å². The first kappa shape index (κ1) is 28.8. The summed E-state index contributed by atoms with van der Waals surface area (Å²) in [5.41, 5.74) is 14.6. The summed E-state index contributed by atoms with van der Waals surface area (Å²) in [4.78, 5) is 4.77. The molecule has 8 aromatic rings. The van der Waals surface area contributed by atoms with Crippen LogP contribution in [-0.4, -0.2) is 0 Å². The molecule has 0 spiro atoms. The van der Waals surface area contributed by atoms with Crippen LogP contribution in [0.3, 0.4) is 0 Å². The molecular formula is C47H34N2. The van der Waals surface area contributed by atoms with Crippen LogP contribution in [0.4, 0.5) is 34.1 Å². The molecule has 9 rings (SSSR count). The van der Waals surface area contributed by atoms with Gasteiger partial charge in [-0.1, -0.05) is 133 Å². The molecular weight excluding hydrogens is 593 g/mol. The third-order valence-corrected chi connectivity index (χ3v) is 9.65. The molecule has 49 heavy (non-hydrogen) atoms. The fourth-order valence-electron chi connectivity index (χ4n) is 7.26. The molecule has 232 valence electrons. The van der Waals surface area contributed by atoms with E-state index in [1.54, 1.807) is 0 Å². The predicted octanol–water partition coefficient (Wildman–Crippen LogP) is 13.0. The van der Waals surface area contributed by atoms with Crippen LogP contribution in [-0.2, 0) is 6.42 Å². The van der Waals surface area contributed by atoms with Crippen molar-refractivity contribution in [2.45, 2.75) is 6.42 Å². The zero-order valence-electron chi connectivity index (χ0n) is 27.1. The quantitative estimate of drug-likeness (QED) is 0.181. The molecule has 0 aromatic heterocycles. The minimum absolute atomic E-state index is 0.902. The van der Waals surface area contributed by atoms with Crippen LogP contribution in [0, 0.1) is 0 Å². The first-order chi connectivity index (χ1) is 24.3. The fourth-order valence-corrected chi connectivity index (χ4v) is 7.26. The third-order valence-electron chi connectivity index (χ3n) is 9.65. The average Bonchev–Trinajstić information content (AvgIpc) is 3.18. The van der Waals surface area contributed by atoms with Crippen molar-refractivity contribution in [2.24, 2.45) is 0 Å². The Morgan fingerprint density at radius 3 is 1.78 bits per heavy atom. The highest BCUT2D eigenvalue weighted by atomic mass is 15.2. The second kappa shape index (κ2) is 12.3. The Hall–Kier alpha value is -6.38. The summed E-state index contributed by atoms with van der Waals surface area (Å²) in [6.45, 7) is 0. The molecule has 0 saturated heterocycles. The Kier molecular flexibility index (Phi) is 7.25. The van der Waals surface area contributed by atoms with Gasteiger partial charge in [-0.15, -0.1) is 0 Å². The summed E-state index contributed by atoms with van der Waals surface area (Å²) >= 11 is 0. The van der Waals surface area contributed by atoms with Crippen molar-refractivity contribution < 1.29 is 0 Å². The van der Waals surface area contributed by atoms with E-state index in [0.717, 1.165) is 17.8 Å². The topological polar surface area (TPSA) is 6.48 Å². The van der Waals surface area contributed by atoms with Crippen molar-refractivity contribution in [1.82, 2.24) is 0 Å². The molecule has 0 aliphatic carbocycles. The van der Waals surface area contributed by atoms with Crippen molar-refractivity contribution in [3.63, 3.8) is 0 Å². The van der Waals surface area contributed by atoms with E-state index >= 15 is 0 Å². The molecule has 8 aromatic carbocycles. The molecule has 0 N–H and O–H groups in total. The molecule has 2 nitrogen and oxygen atoms in total. The maximum Gasteiger partial charge on any atom is 0.0540 e. The molecule has 0 amide bonds. The third kappa shape index (κ3) is 5.34. The maximum absolute atomic E-state index is 2.41. The number of fused-ring (bicyclic) bond motifs is 3. The van der Waals surface area contributed by atoms with E-state index in [0.29, 0.717) is 0 Å². The summed E-state index contributed by atoms with van der Waals surface area (Å²) in [5.74, 6) is 0. The van der Waals surface area contributed by atoms with Gasteiger partial charge in [-0.2, -0.15) is 0 Å². The van der Waals surface area contributed by atoms with Gasteiger partial charge in [0.05, 0.1) is 5.69 Å². The van der Waals surface area contributed by atoms with Gasteiger partial charge in [-0.3, -0.25) is 0 Å². The lowest BCUT2D eigenvalue weighted by Crippen LogP contribution is -2.18. The van der Waals surface area contributed by atoms with Gasteiger partial charge in [0, 0.05) is 40.2 Å². The van der Waals surface area contributed by atoms with E-state index < -0.39 is 0 Å². The van der Waals surface area contributed by atoms with E-state index in [1.165, 1.54) is 66.9 Å². The Bertz CT molecular complexity index is 2390. The maximum atomic E-state index is 2.41. The number of para-hydroxylation sites is 2. The highest BCUT2D eigenvalue weighted by Crippen LogP contribution is 2.46. The highest BCUT2D eigenvalue weighted by Gasteiger charge is 2.24. The van der Waals surface area contributed by atoms with Crippen molar-refractivity contribution in [1.29, 1.82) is 0 Å². The standard InChI is InChI=1S/C47H34N2/c1-3-12-34(13-4-1)35-22-29-43(30-23-35)49-45-20-10-8-15-39(45)33-40-32-38(26-31-46(40)49)36-24-27-42(28-25-36)48(41-17-5-2-6-18-41)47-21-11-16-37-14-7-9-19-44(37)47/h1-32H,33H2. The molecule has 0 fully saturated rings. The van der Waals surface area contributed by atoms with Crippen LogP contribution >= 0.6 is 0 Å². The van der Waals surface area contributed by atoms with Crippen LogP contribution in [0.15, 0.2) is 194 Å². The minimum Gasteiger partial charge on any atom is -0.310 e. The predicted molar refractivity (Wildman–Crippen MR) is 207 cm³/mol. The minimum atomic E-state index is 0.902. The summed E-state index contributed by atoms with van der Waals surface area (Å²) < 4.78 is 0.